The third-order valence-corrected chi connectivity index (χ3v) is 3.05. The molecule has 0 unspecified atom stereocenters. The van der Waals surface area contributed by atoms with Crippen molar-refractivity contribution in [1.82, 2.24) is 5.43 Å². The van der Waals surface area contributed by atoms with Crippen LogP contribution in [0, 0.1) is 0 Å². The van der Waals surface area contributed by atoms with Crippen molar-refractivity contribution in [2.75, 3.05) is 10.1 Å². The fourth-order valence-corrected chi connectivity index (χ4v) is 2.09. The van der Waals surface area contributed by atoms with E-state index in [1.54, 1.807) is 0 Å². The lowest BCUT2D eigenvalue weighted by molar-refractivity contribution is 0.766. The van der Waals surface area contributed by atoms with E-state index in [-0.39, 0.29) is 0 Å². The molecule has 1 heterocycles. The molecule has 0 aliphatic carbocycles. The van der Waals surface area contributed by atoms with Gasteiger partial charge in [0, 0.05) is 6.20 Å². The first-order valence-corrected chi connectivity index (χ1v) is 6.43. The first-order valence-electron chi connectivity index (χ1n) is 6.03. The second-order valence-corrected chi connectivity index (χ2v) is 4.56. The fourth-order valence-electron chi connectivity index (χ4n) is 1.94. The lowest BCUT2D eigenvalue weighted by Crippen LogP contribution is -2.53. The van der Waals surface area contributed by atoms with Crippen LogP contribution in [-0.2, 0) is 0 Å². The summed E-state index contributed by atoms with van der Waals surface area (Å²) < 4.78 is 0. The first kappa shape index (κ1) is 11.7. The zero-order valence-electron chi connectivity index (χ0n) is 10.2. The summed E-state index contributed by atoms with van der Waals surface area (Å²) in [5.74, 6) is 0. The molecule has 0 saturated carbocycles. The van der Waals surface area contributed by atoms with E-state index in [2.05, 4.69) is 17.6 Å². The minimum absolute atomic E-state index is 0.691. The van der Waals surface area contributed by atoms with Gasteiger partial charge in [-0.2, -0.15) is 5.12 Å². The summed E-state index contributed by atoms with van der Waals surface area (Å²) >= 11 is 5.22. The molecule has 0 radical (unpaired) electrons. The number of nitrogens with zero attached hydrogens (tertiary/aromatic N) is 2. The maximum absolute atomic E-state index is 5.22. The molecule has 3 rings (SSSR count). The molecule has 4 heteroatoms. The van der Waals surface area contributed by atoms with Crippen molar-refractivity contribution < 1.29 is 0 Å². The Morgan fingerprint density at radius 3 is 2.00 bits per heavy atom. The number of anilines is 2. The average Bonchev–Trinajstić information content (AvgIpc) is 2.49. The van der Waals surface area contributed by atoms with Crippen LogP contribution in [0.4, 0.5) is 11.4 Å². The molecule has 1 aliphatic heterocycles. The molecule has 0 bridgehead atoms. The summed E-state index contributed by atoms with van der Waals surface area (Å²) in [4.78, 5) is 0.691. The van der Waals surface area contributed by atoms with E-state index in [9.17, 15) is 0 Å². The smallest absolute Gasteiger partial charge is 0.121 e. The van der Waals surface area contributed by atoms with Gasteiger partial charge in [-0.1, -0.05) is 48.6 Å². The Morgan fingerprint density at radius 1 is 0.789 bits per heavy atom. The van der Waals surface area contributed by atoms with Crippen molar-refractivity contribution >= 4 is 28.6 Å². The van der Waals surface area contributed by atoms with Crippen LogP contribution in [0.15, 0.2) is 72.9 Å². The summed E-state index contributed by atoms with van der Waals surface area (Å²) in [5, 5.41) is 3.95. The number of hydrogen-bond donors (Lipinski definition) is 1. The van der Waals surface area contributed by atoms with Gasteiger partial charge in [0.1, 0.15) is 4.99 Å². The molecule has 0 aromatic heterocycles. The molecule has 1 N–H and O–H groups in total. The predicted molar refractivity (Wildman–Crippen MR) is 82.7 cm³/mol. The molecule has 0 amide bonds. The molecule has 0 spiro atoms. The minimum atomic E-state index is 0.691. The van der Waals surface area contributed by atoms with Gasteiger partial charge in [-0.15, -0.1) is 0 Å². The Bertz CT molecular complexity index is 595. The van der Waals surface area contributed by atoms with Crippen LogP contribution in [-0.4, -0.2) is 4.99 Å². The molecule has 1 aliphatic rings. The Labute approximate surface area is 117 Å². The Balaban J connectivity index is 2.01. The van der Waals surface area contributed by atoms with Crippen molar-refractivity contribution in [3.8, 4) is 0 Å². The number of thiocarbonyl (C=S) groups is 1. The van der Waals surface area contributed by atoms with E-state index >= 15 is 0 Å². The van der Waals surface area contributed by atoms with Gasteiger partial charge in [0.2, 0.25) is 0 Å². The van der Waals surface area contributed by atoms with Gasteiger partial charge in [-0.25, -0.2) is 5.01 Å². The monoisotopic (exact) mass is 267 g/mol. The van der Waals surface area contributed by atoms with Gasteiger partial charge in [-0.05, 0) is 30.3 Å². The van der Waals surface area contributed by atoms with Crippen molar-refractivity contribution in [2.45, 2.75) is 0 Å². The second kappa shape index (κ2) is 5.12. The van der Waals surface area contributed by atoms with Crippen molar-refractivity contribution in [1.29, 1.82) is 0 Å². The predicted octanol–water partition coefficient (Wildman–Crippen LogP) is 3.27. The molecule has 0 saturated heterocycles. The molecular formula is C15H13N3S. The Kier molecular flexibility index (Phi) is 3.16. The lowest BCUT2D eigenvalue weighted by atomic mass is 10.3. The highest BCUT2D eigenvalue weighted by Crippen LogP contribution is 2.23. The van der Waals surface area contributed by atoms with Crippen molar-refractivity contribution in [2.24, 2.45) is 0 Å². The van der Waals surface area contributed by atoms with Gasteiger partial charge >= 0.3 is 0 Å². The number of hydrazine groups is 2. The average molecular weight is 267 g/mol. The van der Waals surface area contributed by atoms with Gasteiger partial charge < -0.3 is 0 Å². The minimum Gasteiger partial charge on any atom is -0.268 e. The van der Waals surface area contributed by atoms with Crippen LogP contribution in [0.3, 0.4) is 0 Å². The molecule has 3 nitrogen and oxygen atoms in total. The lowest BCUT2D eigenvalue weighted by Gasteiger charge is -2.38. The highest BCUT2D eigenvalue weighted by molar-refractivity contribution is 7.80. The molecule has 19 heavy (non-hydrogen) atoms. The van der Waals surface area contributed by atoms with Gasteiger partial charge in [0.25, 0.3) is 0 Å². The van der Waals surface area contributed by atoms with E-state index < -0.39 is 0 Å². The fraction of sp³-hybridized carbons (Fsp3) is 0. The summed E-state index contributed by atoms with van der Waals surface area (Å²) in [5.41, 5.74) is 5.28. The summed E-state index contributed by atoms with van der Waals surface area (Å²) in [6, 6.07) is 20.2. The largest absolute Gasteiger partial charge is 0.268 e. The van der Waals surface area contributed by atoms with E-state index in [1.165, 1.54) is 0 Å². The Morgan fingerprint density at radius 2 is 1.37 bits per heavy atom. The van der Waals surface area contributed by atoms with Crippen LogP contribution in [0.1, 0.15) is 0 Å². The first-order chi connectivity index (χ1) is 9.34. The second-order valence-electron chi connectivity index (χ2n) is 4.12. The van der Waals surface area contributed by atoms with E-state index in [0.29, 0.717) is 4.99 Å². The molecule has 2 aromatic rings. The van der Waals surface area contributed by atoms with E-state index in [1.807, 2.05) is 70.9 Å². The van der Waals surface area contributed by atoms with Crippen LogP contribution >= 0.6 is 12.2 Å². The molecule has 2 aromatic carbocycles. The topological polar surface area (TPSA) is 18.5 Å². The van der Waals surface area contributed by atoms with Crippen molar-refractivity contribution in [3.05, 3.63) is 72.9 Å². The zero-order chi connectivity index (χ0) is 13.1. The maximum Gasteiger partial charge on any atom is 0.121 e. The van der Waals surface area contributed by atoms with Crippen LogP contribution in [0.5, 0.6) is 0 Å². The van der Waals surface area contributed by atoms with Crippen LogP contribution in [0.25, 0.3) is 0 Å². The third kappa shape index (κ3) is 2.44. The highest BCUT2D eigenvalue weighted by atomic mass is 32.1. The SMILES string of the molecule is S=C1C=CN(c2ccccc2)N(c2ccccc2)N1. The van der Waals surface area contributed by atoms with E-state index in [4.69, 9.17) is 12.2 Å². The number of hydrogen-bond acceptors (Lipinski definition) is 3. The summed E-state index contributed by atoms with van der Waals surface area (Å²) in [7, 11) is 0. The number of rotatable bonds is 2. The quantitative estimate of drug-likeness (QED) is 0.841. The van der Waals surface area contributed by atoms with Crippen LogP contribution < -0.4 is 15.6 Å². The zero-order valence-corrected chi connectivity index (χ0v) is 11.0. The van der Waals surface area contributed by atoms with E-state index in [0.717, 1.165) is 11.4 Å². The molecule has 0 fully saturated rings. The third-order valence-electron chi connectivity index (χ3n) is 2.82. The number of para-hydroxylation sites is 2. The van der Waals surface area contributed by atoms with Crippen molar-refractivity contribution in [3.63, 3.8) is 0 Å². The normalized spacial score (nSPS) is 14.4. The van der Waals surface area contributed by atoms with Gasteiger partial charge in [0.15, 0.2) is 0 Å². The molecule has 94 valence electrons. The van der Waals surface area contributed by atoms with Crippen LogP contribution in [0.2, 0.25) is 0 Å². The summed E-state index contributed by atoms with van der Waals surface area (Å²) in [6.45, 7) is 0. The van der Waals surface area contributed by atoms with Gasteiger partial charge in [-0.3, -0.25) is 5.43 Å². The standard InChI is InChI=1S/C15H13N3S/c19-15-11-12-17(13-7-3-1-4-8-13)18(16-15)14-9-5-2-6-10-14/h1-12H,(H,16,19). The number of benzene rings is 2. The Hall–Kier alpha value is -2.33. The maximum atomic E-state index is 5.22. The molecular weight excluding hydrogens is 254 g/mol. The summed E-state index contributed by atoms with van der Waals surface area (Å²) in [6.07, 6.45) is 3.84. The number of nitrogens with one attached hydrogen (secondary N) is 1. The highest BCUT2D eigenvalue weighted by Gasteiger charge is 2.18. The molecule has 0 atom stereocenters. The van der Waals surface area contributed by atoms with Gasteiger partial charge in [0.05, 0.1) is 11.4 Å².